The molecule has 0 spiro atoms. The molecule has 3 rings (SSSR count). The third-order valence-electron chi connectivity index (χ3n) is 3.28. The van der Waals surface area contributed by atoms with Crippen LogP contribution >= 0.6 is 0 Å². The van der Waals surface area contributed by atoms with Crippen molar-refractivity contribution in [3.63, 3.8) is 0 Å². The number of carbonyl (C=O) groups is 1. The molecule has 2 aromatic rings. The van der Waals surface area contributed by atoms with Crippen LogP contribution in [0.5, 0.6) is 0 Å². The number of aromatic amines is 1. The highest BCUT2D eigenvalue weighted by molar-refractivity contribution is 7.92. The number of benzene rings is 1. The Bertz CT molecular complexity index is 738. The van der Waals surface area contributed by atoms with Gasteiger partial charge in [-0.25, -0.2) is 0 Å². The summed E-state index contributed by atoms with van der Waals surface area (Å²) in [5, 5.41) is 6.18. The molecule has 7 heteroatoms. The molecule has 0 bridgehead atoms. The number of fused-ring (bicyclic) bond motifs is 1. The molecule has 104 valence electrons. The number of hydrogen-bond donors (Lipinski definition) is 1. The molecular formula is C13H13N3O3S. The second-order valence-corrected chi connectivity index (χ2v) is 6.37. The molecule has 1 aromatic carbocycles. The molecule has 0 saturated heterocycles. The second-order valence-electron chi connectivity index (χ2n) is 4.54. The summed E-state index contributed by atoms with van der Waals surface area (Å²) in [4.78, 5) is 12.0. The van der Waals surface area contributed by atoms with E-state index in [0.29, 0.717) is 24.1 Å². The van der Waals surface area contributed by atoms with E-state index in [2.05, 4.69) is 10.2 Å². The van der Waals surface area contributed by atoms with E-state index in [1.54, 1.807) is 24.3 Å². The zero-order valence-corrected chi connectivity index (χ0v) is 11.4. The van der Waals surface area contributed by atoms with Crippen LogP contribution in [0.25, 0.3) is 0 Å². The zero-order chi connectivity index (χ0) is 14.2. The number of aromatic nitrogens is 2. The zero-order valence-electron chi connectivity index (χ0n) is 10.6. The molecule has 0 radical (unpaired) electrons. The molecule has 0 amide bonds. The van der Waals surface area contributed by atoms with E-state index in [0.717, 1.165) is 0 Å². The summed E-state index contributed by atoms with van der Waals surface area (Å²) in [5.74, 6) is -0.0251. The number of rotatable bonds is 2. The van der Waals surface area contributed by atoms with Crippen LogP contribution in [-0.2, 0) is 10.0 Å². The first kappa shape index (κ1) is 12.9. The van der Waals surface area contributed by atoms with E-state index in [1.165, 1.54) is 16.6 Å². The average molecular weight is 291 g/mol. The molecule has 1 N–H and O–H groups in total. The normalized spacial score (nSPS) is 15.8. The molecular weight excluding hydrogens is 278 g/mol. The van der Waals surface area contributed by atoms with Crippen LogP contribution in [0, 0.1) is 0 Å². The summed E-state index contributed by atoms with van der Waals surface area (Å²) in [5.41, 5.74) is 0.887. The number of nitrogens with zero attached hydrogens (tertiary/aromatic N) is 2. The fraction of sp³-hybridized carbons (Fsp3) is 0.231. The minimum absolute atomic E-state index is 0.0251. The maximum absolute atomic E-state index is 12.6. The lowest BCUT2D eigenvalue weighted by Gasteiger charge is -2.23. The number of sulfonamides is 1. The van der Waals surface area contributed by atoms with Crippen molar-refractivity contribution in [3.8, 4) is 0 Å². The Balaban J connectivity index is 2.15. The van der Waals surface area contributed by atoms with Crippen LogP contribution in [0.15, 0.2) is 41.6 Å². The quantitative estimate of drug-likeness (QED) is 0.910. The molecule has 6 nitrogen and oxygen atoms in total. The lowest BCUT2D eigenvalue weighted by Crippen LogP contribution is -2.32. The molecule has 0 unspecified atom stereocenters. The van der Waals surface area contributed by atoms with Crippen LogP contribution < -0.4 is 4.31 Å². The van der Waals surface area contributed by atoms with Gasteiger partial charge in [-0.3, -0.25) is 14.2 Å². The smallest absolute Gasteiger partial charge is 0.281 e. The summed E-state index contributed by atoms with van der Waals surface area (Å²) in [7, 11) is -3.72. The monoisotopic (exact) mass is 291 g/mol. The molecule has 0 fully saturated rings. The van der Waals surface area contributed by atoms with E-state index in [1.807, 2.05) is 0 Å². The largest absolute Gasteiger partial charge is 0.294 e. The van der Waals surface area contributed by atoms with Crippen molar-refractivity contribution in [2.75, 3.05) is 10.8 Å². The van der Waals surface area contributed by atoms with E-state index >= 15 is 0 Å². The van der Waals surface area contributed by atoms with Crippen molar-refractivity contribution in [1.82, 2.24) is 10.2 Å². The van der Waals surface area contributed by atoms with Gasteiger partial charge in [0.2, 0.25) is 0 Å². The highest BCUT2D eigenvalue weighted by Crippen LogP contribution is 2.30. The number of carbonyl (C=O) groups excluding carboxylic acids is 1. The topological polar surface area (TPSA) is 83.1 Å². The molecule has 20 heavy (non-hydrogen) atoms. The molecule has 0 saturated carbocycles. The number of ketones is 1. The molecule has 1 aliphatic rings. The van der Waals surface area contributed by atoms with E-state index < -0.39 is 10.0 Å². The van der Waals surface area contributed by atoms with Crippen LogP contribution in [-0.4, -0.2) is 30.9 Å². The lowest BCUT2D eigenvalue weighted by atomic mass is 10.1. The Labute approximate surface area is 116 Å². The minimum Gasteiger partial charge on any atom is -0.294 e. The molecule has 0 aliphatic carbocycles. The van der Waals surface area contributed by atoms with Gasteiger partial charge in [0.25, 0.3) is 10.0 Å². The summed E-state index contributed by atoms with van der Waals surface area (Å²) in [6, 6.07) is 8.20. The standard InChI is InChI=1S/C13H13N3O3S/c17-12-6-3-9-16(11-5-2-1-4-10(11)12)20(18,19)13-7-8-14-15-13/h1-2,4-5,7-8H,3,6,9H2,(H,14,15). The lowest BCUT2D eigenvalue weighted by molar-refractivity contribution is 0.0984. The Morgan fingerprint density at radius 2 is 2.00 bits per heavy atom. The van der Waals surface area contributed by atoms with Crippen molar-refractivity contribution in [1.29, 1.82) is 0 Å². The van der Waals surface area contributed by atoms with Gasteiger partial charge < -0.3 is 0 Å². The van der Waals surface area contributed by atoms with Gasteiger partial charge >= 0.3 is 0 Å². The molecule has 0 atom stereocenters. The Morgan fingerprint density at radius 1 is 1.20 bits per heavy atom. The van der Waals surface area contributed by atoms with Crippen LogP contribution in [0.1, 0.15) is 23.2 Å². The van der Waals surface area contributed by atoms with Gasteiger partial charge in [0.05, 0.1) is 11.9 Å². The van der Waals surface area contributed by atoms with E-state index in [4.69, 9.17) is 0 Å². The SMILES string of the molecule is O=C1CCCN(S(=O)(=O)c2ccn[nH]2)c2ccccc21. The van der Waals surface area contributed by atoms with Gasteiger partial charge in [-0.1, -0.05) is 12.1 Å². The summed E-state index contributed by atoms with van der Waals surface area (Å²) in [6.07, 6.45) is 2.24. The van der Waals surface area contributed by atoms with Gasteiger partial charge in [-0.2, -0.15) is 13.5 Å². The highest BCUT2D eigenvalue weighted by Gasteiger charge is 2.30. The van der Waals surface area contributed by atoms with Gasteiger partial charge in [0.15, 0.2) is 10.8 Å². The highest BCUT2D eigenvalue weighted by atomic mass is 32.2. The number of hydrogen-bond acceptors (Lipinski definition) is 4. The predicted octanol–water partition coefficient (Wildman–Crippen LogP) is 1.58. The maximum Gasteiger partial charge on any atom is 0.281 e. The number of nitrogens with one attached hydrogen (secondary N) is 1. The summed E-state index contributed by atoms with van der Waals surface area (Å²) in [6.45, 7) is 0.282. The number of Topliss-reactive ketones (excluding diaryl/α,β-unsaturated/α-hetero) is 1. The van der Waals surface area contributed by atoms with Gasteiger partial charge in [0.1, 0.15) is 0 Å². The summed E-state index contributed by atoms with van der Waals surface area (Å²) >= 11 is 0. The number of anilines is 1. The fourth-order valence-electron chi connectivity index (χ4n) is 2.32. The second kappa shape index (κ2) is 4.75. The molecule has 2 heterocycles. The minimum atomic E-state index is -3.72. The predicted molar refractivity (Wildman–Crippen MR) is 73.1 cm³/mol. The average Bonchev–Trinajstić information content (AvgIpc) is 2.93. The van der Waals surface area contributed by atoms with E-state index in [9.17, 15) is 13.2 Å². The van der Waals surface area contributed by atoms with Gasteiger partial charge in [-0.15, -0.1) is 0 Å². The Kier molecular flexibility index (Phi) is 3.06. The number of H-pyrrole nitrogens is 1. The Hall–Kier alpha value is -2.15. The van der Waals surface area contributed by atoms with Crippen molar-refractivity contribution in [3.05, 3.63) is 42.1 Å². The first-order valence-corrected chi connectivity index (χ1v) is 7.69. The van der Waals surface area contributed by atoms with Crippen molar-refractivity contribution in [2.24, 2.45) is 0 Å². The fourth-order valence-corrected chi connectivity index (χ4v) is 3.75. The maximum atomic E-state index is 12.6. The van der Waals surface area contributed by atoms with E-state index in [-0.39, 0.29) is 17.4 Å². The van der Waals surface area contributed by atoms with Crippen LogP contribution in [0.3, 0.4) is 0 Å². The van der Waals surface area contributed by atoms with Crippen molar-refractivity contribution >= 4 is 21.5 Å². The number of para-hydroxylation sites is 1. The van der Waals surface area contributed by atoms with Crippen LogP contribution in [0.2, 0.25) is 0 Å². The third kappa shape index (κ3) is 2.00. The molecule has 1 aliphatic heterocycles. The van der Waals surface area contributed by atoms with Crippen molar-refractivity contribution in [2.45, 2.75) is 17.9 Å². The van der Waals surface area contributed by atoms with Crippen LogP contribution in [0.4, 0.5) is 5.69 Å². The first-order valence-electron chi connectivity index (χ1n) is 6.25. The molecule has 1 aromatic heterocycles. The van der Waals surface area contributed by atoms with Gasteiger partial charge in [0, 0.05) is 18.5 Å². The Morgan fingerprint density at radius 3 is 2.75 bits per heavy atom. The van der Waals surface area contributed by atoms with Crippen molar-refractivity contribution < 1.29 is 13.2 Å². The third-order valence-corrected chi connectivity index (χ3v) is 5.02. The van der Waals surface area contributed by atoms with Gasteiger partial charge in [-0.05, 0) is 24.6 Å². The summed E-state index contributed by atoms with van der Waals surface area (Å²) < 4.78 is 26.5. The first-order chi connectivity index (χ1) is 9.60.